The first kappa shape index (κ1) is 31.1. The monoisotopic (exact) mass is 540 g/mol. The minimum atomic E-state index is -0.216. The normalized spacial score (nSPS) is 19.7. The first-order chi connectivity index (χ1) is 19.4. The highest BCUT2D eigenvalue weighted by Crippen LogP contribution is 2.52. The third-order valence-electron chi connectivity index (χ3n) is 8.68. The molecule has 1 atom stereocenters. The van der Waals surface area contributed by atoms with Crippen LogP contribution in [0.3, 0.4) is 0 Å². The van der Waals surface area contributed by atoms with Gasteiger partial charge in [-0.1, -0.05) is 71.4 Å². The van der Waals surface area contributed by atoms with Crippen molar-refractivity contribution in [2.75, 3.05) is 0 Å². The molecule has 2 aliphatic carbocycles. The molecule has 2 fully saturated rings. The van der Waals surface area contributed by atoms with Crippen molar-refractivity contribution in [3.63, 3.8) is 0 Å². The van der Waals surface area contributed by atoms with E-state index in [9.17, 15) is 10.1 Å². The molecule has 0 spiro atoms. The number of rotatable bonds is 12. The van der Waals surface area contributed by atoms with E-state index < -0.39 is 0 Å². The molecule has 1 amide bonds. The van der Waals surface area contributed by atoms with Crippen molar-refractivity contribution in [3.05, 3.63) is 81.7 Å². The summed E-state index contributed by atoms with van der Waals surface area (Å²) >= 11 is 0. The number of carbonyl (C=O) groups excluding carboxylic acids is 1. The van der Waals surface area contributed by atoms with Crippen LogP contribution < -0.4 is 10.6 Å². The first-order valence-electron chi connectivity index (χ1n) is 15.3. The van der Waals surface area contributed by atoms with Crippen LogP contribution in [0.5, 0.6) is 0 Å². The molecule has 0 radical (unpaired) electrons. The average molecular weight is 541 g/mol. The molecule has 2 aliphatic rings. The summed E-state index contributed by atoms with van der Waals surface area (Å²) in [7, 11) is 0. The predicted molar refractivity (Wildman–Crippen MR) is 167 cm³/mol. The first-order valence-corrected chi connectivity index (χ1v) is 15.3. The number of nitriles is 1. The minimum Gasteiger partial charge on any atom is -0.382 e. The molecule has 0 aliphatic heterocycles. The van der Waals surface area contributed by atoms with E-state index in [4.69, 9.17) is 0 Å². The van der Waals surface area contributed by atoms with Crippen molar-refractivity contribution in [1.29, 1.82) is 5.26 Å². The Balaban J connectivity index is 0.00000216. The number of nitrogens with zero attached hydrogens (tertiary/aromatic N) is 2. The minimum absolute atomic E-state index is 0.0457. The maximum Gasteiger partial charge on any atom is 0.271 e. The molecule has 4 rings (SSSR count). The molecule has 214 valence electrons. The van der Waals surface area contributed by atoms with E-state index in [-0.39, 0.29) is 18.0 Å². The summed E-state index contributed by atoms with van der Waals surface area (Å²) in [5.74, 6) is 0.0816. The maximum absolute atomic E-state index is 12.9. The molecule has 0 saturated heterocycles. The highest BCUT2D eigenvalue weighted by atomic mass is 16.2. The van der Waals surface area contributed by atoms with Gasteiger partial charge in [0, 0.05) is 18.3 Å². The standard InChI is InChI=1S/C33H42N4O.C2H6/c1-6-9-25-17-24(12-13-30(25)33(8-3)14-15-33)22(4)36-21-31(35-5)32(38)37-28-18-27(19-28)29-16-23(7-2)10-11-26(29)20-34;1-2/h10-13,16-17,21-22,27-28,36H,5-9,14-15,18-19H2,1-4H3,(H,37,38);1-2H3/b31-21-;. The second-order valence-electron chi connectivity index (χ2n) is 11.1. The van der Waals surface area contributed by atoms with Crippen LogP contribution in [0.15, 0.2) is 53.3 Å². The smallest absolute Gasteiger partial charge is 0.271 e. The lowest BCUT2D eigenvalue weighted by Crippen LogP contribution is -2.44. The highest BCUT2D eigenvalue weighted by Gasteiger charge is 2.43. The van der Waals surface area contributed by atoms with Crippen LogP contribution in [-0.4, -0.2) is 18.7 Å². The second kappa shape index (κ2) is 14.3. The molecule has 5 heteroatoms. The van der Waals surface area contributed by atoms with E-state index in [1.807, 2.05) is 26.0 Å². The highest BCUT2D eigenvalue weighted by molar-refractivity contribution is 5.93. The largest absolute Gasteiger partial charge is 0.382 e. The molecular formula is C35H48N4O. The molecule has 2 saturated carbocycles. The predicted octanol–water partition coefficient (Wildman–Crippen LogP) is 7.80. The molecule has 2 aromatic rings. The van der Waals surface area contributed by atoms with E-state index in [2.05, 4.69) is 80.4 Å². The van der Waals surface area contributed by atoms with Crippen LogP contribution in [0.25, 0.3) is 0 Å². The molecule has 0 aromatic heterocycles. The average Bonchev–Trinajstić information content (AvgIpc) is 3.77. The Morgan fingerprint density at radius 3 is 2.48 bits per heavy atom. The number of benzene rings is 2. The number of aryl methyl sites for hydroxylation is 2. The van der Waals surface area contributed by atoms with Crippen LogP contribution in [0.1, 0.15) is 125 Å². The third kappa shape index (κ3) is 7.02. The van der Waals surface area contributed by atoms with Gasteiger partial charge in [-0.15, -0.1) is 0 Å². The van der Waals surface area contributed by atoms with Gasteiger partial charge in [-0.3, -0.25) is 9.79 Å². The molecule has 0 bridgehead atoms. The van der Waals surface area contributed by atoms with Gasteiger partial charge >= 0.3 is 0 Å². The van der Waals surface area contributed by atoms with E-state index in [0.717, 1.165) is 43.2 Å². The summed E-state index contributed by atoms with van der Waals surface area (Å²) in [6, 6.07) is 15.4. The lowest BCUT2D eigenvalue weighted by atomic mass is 9.74. The Kier molecular flexibility index (Phi) is 11.1. The van der Waals surface area contributed by atoms with Crippen LogP contribution >= 0.6 is 0 Å². The van der Waals surface area contributed by atoms with Crippen molar-refractivity contribution in [3.8, 4) is 6.07 Å². The van der Waals surface area contributed by atoms with Crippen molar-refractivity contribution < 1.29 is 4.79 Å². The number of amides is 1. The topological polar surface area (TPSA) is 77.3 Å². The number of aliphatic imine (C=N–C) groups is 1. The van der Waals surface area contributed by atoms with Gasteiger partial charge < -0.3 is 10.6 Å². The van der Waals surface area contributed by atoms with Crippen molar-refractivity contribution in [2.24, 2.45) is 4.99 Å². The van der Waals surface area contributed by atoms with Gasteiger partial charge in [-0.05, 0) is 104 Å². The summed E-state index contributed by atoms with van der Waals surface area (Å²) in [5, 5.41) is 16.0. The fourth-order valence-electron chi connectivity index (χ4n) is 5.84. The summed E-state index contributed by atoms with van der Waals surface area (Å²) in [5.41, 5.74) is 7.97. The van der Waals surface area contributed by atoms with E-state index in [1.165, 1.54) is 41.5 Å². The van der Waals surface area contributed by atoms with Gasteiger partial charge in [0.15, 0.2) is 0 Å². The Hall–Kier alpha value is -3.39. The molecule has 1 unspecified atom stereocenters. The van der Waals surface area contributed by atoms with Gasteiger partial charge in [-0.2, -0.15) is 5.26 Å². The molecular weight excluding hydrogens is 492 g/mol. The van der Waals surface area contributed by atoms with Crippen molar-refractivity contribution in [2.45, 2.75) is 116 Å². The van der Waals surface area contributed by atoms with Gasteiger partial charge in [0.2, 0.25) is 0 Å². The fourth-order valence-corrected chi connectivity index (χ4v) is 5.84. The quantitative estimate of drug-likeness (QED) is 0.213. The number of carbonyl (C=O) groups is 1. The maximum atomic E-state index is 12.9. The summed E-state index contributed by atoms with van der Waals surface area (Å²) < 4.78 is 0. The van der Waals surface area contributed by atoms with Crippen LogP contribution in [-0.2, 0) is 23.1 Å². The Morgan fingerprint density at radius 2 is 1.90 bits per heavy atom. The van der Waals surface area contributed by atoms with Crippen LogP contribution in [0.2, 0.25) is 0 Å². The Labute approximate surface area is 242 Å². The van der Waals surface area contributed by atoms with Crippen molar-refractivity contribution >= 4 is 12.6 Å². The molecule has 5 nitrogen and oxygen atoms in total. The fraction of sp³-hybridized carbons (Fsp3) is 0.514. The second-order valence-corrected chi connectivity index (χ2v) is 11.1. The Morgan fingerprint density at radius 1 is 1.18 bits per heavy atom. The number of hydrogen-bond donors (Lipinski definition) is 2. The van der Waals surface area contributed by atoms with Crippen LogP contribution in [0, 0.1) is 11.3 Å². The number of nitrogens with one attached hydrogen (secondary N) is 2. The van der Waals surface area contributed by atoms with Gasteiger partial charge in [0.05, 0.1) is 11.6 Å². The molecule has 0 heterocycles. The Bertz CT molecular complexity index is 1240. The zero-order valence-electron chi connectivity index (χ0n) is 25.4. The lowest BCUT2D eigenvalue weighted by molar-refractivity contribution is -0.118. The zero-order valence-corrected chi connectivity index (χ0v) is 25.4. The summed E-state index contributed by atoms with van der Waals surface area (Å²) in [4.78, 5) is 16.9. The molecule has 2 aromatic carbocycles. The number of hydrogen-bond acceptors (Lipinski definition) is 4. The van der Waals surface area contributed by atoms with Gasteiger partial charge in [0.1, 0.15) is 5.70 Å². The van der Waals surface area contributed by atoms with Crippen LogP contribution in [0.4, 0.5) is 0 Å². The molecule has 2 N–H and O–H groups in total. The van der Waals surface area contributed by atoms with Crippen molar-refractivity contribution in [1.82, 2.24) is 10.6 Å². The SMILES string of the molecule is C=N/C(=C\NC(C)c1ccc(C2(CC)CC2)c(CCC)c1)C(=O)NC1CC(c2cc(CC)ccc2C#N)C1.CC. The van der Waals surface area contributed by atoms with Gasteiger partial charge in [0.25, 0.3) is 5.91 Å². The molecule has 40 heavy (non-hydrogen) atoms. The van der Waals surface area contributed by atoms with E-state index >= 15 is 0 Å². The summed E-state index contributed by atoms with van der Waals surface area (Å²) in [6.45, 7) is 16.4. The van der Waals surface area contributed by atoms with E-state index in [1.54, 1.807) is 6.20 Å². The van der Waals surface area contributed by atoms with E-state index in [0.29, 0.717) is 17.0 Å². The third-order valence-corrected chi connectivity index (χ3v) is 8.68. The zero-order chi connectivity index (χ0) is 29.3. The lowest BCUT2D eigenvalue weighted by Gasteiger charge is -2.36. The van der Waals surface area contributed by atoms with Gasteiger partial charge in [-0.25, -0.2) is 0 Å². The summed E-state index contributed by atoms with van der Waals surface area (Å²) in [6.07, 6.45) is 10.3.